The molecule has 0 amide bonds. The summed E-state index contributed by atoms with van der Waals surface area (Å²) in [6, 6.07) is 0. The molecule has 0 aliphatic carbocycles. The summed E-state index contributed by atoms with van der Waals surface area (Å²) in [5, 5.41) is 8.15. The second-order valence-electron chi connectivity index (χ2n) is 2.74. The highest BCUT2D eigenvalue weighted by molar-refractivity contribution is 5.86. The molecule has 0 fully saturated rings. The molecule has 15 heavy (non-hydrogen) atoms. The molecule has 1 atom stereocenters. The molecule has 0 aromatic heterocycles. The van der Waals surface area contributed by atoms with Crippen molar-refractivity contribution in [3.8, 4) is 0 Å². The van der Waals surface area contributed by atoms with Crippen LogP contribution >= 0.6 is 0 Å². The minimum atomic E-state index is -5.27. The number of aliphatic carboxylic acids is 1. The zero-order chi connectivity index (χ0) is 12.4. The van der Waals surface area contributed by atoms with Crippen LogP contribution in [0.4, 0.5) is 26.3 Å². The van der Waals surface area contributed by atoms with Crippen LogP contribution in [0.3, 0.4) is 0 Å². The molecule has 0 spiro atoms. The second-order valence-corrected chi connectivity index (χ2v) is 2.74. The number of hydrogen-bond acceptors (Lipinski definition) is 1. The van der Waals surface area contributed by atoms with E-state index < -0.39 is 36.2 Å². The lowest BCUT2D eigenvalue weighted by molar-refractivity contribution is -0.210. The standard InChI is InChI=1S/C7H6F6O2/c1-3(5(14)15)4(7(11,12)13)2-6(8,9)10/h4H,1-2H2,(H,14,15). The average Bonchev–Trinajstić information content (AvgIpc) is 1.94. The SMILES string of the molecule is C=C(C(=O)O)C(CC(F)(F)F)C(F)(F)F. The van der Waals surface area contributed by atoms with Gasteiger partial charge in [-0.05, 0) is 0 Å². The van der Waals surface area contributed by atoms with Crippen molar-refractivity contribution in [2.75, 3.05) is 0 Å². The van der Waals surface area contributed by atoms with E-state index in [0.29, 0.717) is 0 Å². The van der Waals surface area contributed by atoms with E-state index in [9.17, 15) is 31.1 Å². The summed E-state index contributed by atoms with van der Waals surface area (Å²) < 4.78 is 71.3. The van der Waals surface area contributed by atoms with Crippen molar-refractivity contribution in [2.45, 2.75) is 18.8 Å². The van der Waals surface area contributed by atoms with E-state index in [0.717, 1.165) is 0 Å². The van der Waals surface area contributed by atoms with Crippen molar-refractivity contribution in [1.82, 2.24) is 0 Å². The number of rotatable bonds is 3. The van der Waals surface area contributed by atoms with Crippen LogP contribution in [0, 0.1) is 5.92 Å². The quantitative estimate of drug-likeness (QED) is 0.604. The van der Waals surface area contributed by atoms with E-state index in [1.165, 1.54) is 0 Å². The largest absolute Gasteiger partial charge is 0.478 e. The fourth-order valence-corrected chi connectivity index (χ4v) is 0.817. The Hall–Kier alpha value is -1.21. The maximum atomic E-state index is 12.0. The van der Waals surface area contributed by atoms with Gasteiger partial charge in [0.05, 0.1) is 12.3 Å². The summed E-state index contributed by atoms with van der Waals surface area (Å²) in [6.07, 6.45) is -12.6. The van der Waals surface area contributed by atoms with Gasteiger partial charge in [0.2, 0.25) is 0 Å². The van der Waals surface area contributed by atoms with Gasteiger partial charge in [-0.1, -0.05) is 6.58 Å². The number of alkyl halides is 6. The summed E-state index contributed by atoms with van der Waals surface area (Å²) in [5.41, 5.74) is -1.51. The molecular formula is C7H6F6O2. The minimum Gasteiger partial charge on any atom is -0.478 e. The monoisotopic (exact) mass is 236 g/mol. The first kappa shape index (κ1) is 13.8. The number of carboxylic acid groups (broad SMARTS) is 1. The predicted octanol–water partition coefficient (Wildman–Crippen LogP) is 2.76. The van der Waals surface area contributed by atoms with Crippen molar-refractivity contribution < 1.29 is 36.2 Å². The first-order chi connectivity index (χ1) is 6.45. The maximum absolute atomic E-state index is 12.0. The van der Waals surface area contributed by atoms with Gasteiger partial charge in [0.1, 0.15) is 0 Å². The van der Waals surface area contributed by atoms with Crippen molar-refractivity contribution >= 4 is 5.97 Å². The average molecular weight is 236 g/mol. The van der Waals surface area contributed by atoms with Gasteiger partial charge in [-0.3, -0.25) is 0 Å². The molecule has 0 bridgehead atoms. The molecule has 8 heteroatoms. The smallest absolute Gasteiger partial charge is 0.396 e. The van der Waals surface area contributed by atoms with E-state index in [1.807, 2.05) is 0 Å². The summed E-state index contributed by atoms with van der Waals surface area (Å²) >= 11 is 0. The fourth-order valence-electron chi connectivity index (χ4n) is 0.817. The molecule has 0 rings (SSSR count). The maximum Gasteiger partial charge on any atom is 0.396 e. The molecule has 0 saturated carbocycles. The highest BCUT2D eigenvalue weighted by Gasteiger charge is 2.49. The summed E-state index contributed by atoms with van der Waals surface area (Å²) in [6.45, 7) is 2.49. The van der Waals surface area contributed by atoms with Crippen LogP contribution in [0.2, 0.25) is 0 Å². The molecular weight excluding hydrogens is 230 g/mol. The number of carboxylic acids is 1. The third kappa shape index (κ3) is 4.71. The lowest BCUT2D eigenvalue weighted by Gasteiger charge is -2.21. The highest BCUT2D eigenvalue weighted by Crippen LogP contribution is 2.39. The Labute approximate surface area is 80.2 Å². The normalized spacial score (nSPS) is 14.8. The van der Waals surface area contributed by atoms with Gasteiger partial charge in [-0.2, -0.15) is 26.3 Å². The Kier molecular flexibility index (Phi) is 3.78. The fraction of sp³-hybridized carbons (Fsp3) is 0.571. The van der Waals surface area contributed by atoms with Gasteiger partial charge in [0, 0.05) is 5.57 Å². The van der Waals surface area contributed by atoms with E-state index in [4.69, 9.17) is 5.11 Å². The first-order valence-electron chi connectivity index (χ1n) is 3.50. The topological polar surface area (TPSA) is 37.3 Å². The van der Waals surface area contributed by atoms with Crippen LogP contribution in [0.25, 0.3) is 0 Å². The van der Waals surface area contributed by atoms with Crippen molar-refractivity contribution in [3.63, 3.8) is 0 Å². The van der Waals surface area contributed by atoms with E-state index >= 15 is 0 Å². The Balaban J connectivity index is 4.92. The first-order valence-corrected chi connectivity index (χ1v) is 3.50. The molecule has 0 radical (unpaired) electrons. The Morgan fingerprint density at radius 3 is 1.80 bits per heavy atom. The molecule has 1 N–H and O–H groups in total. The molecule has 0 aromatic rings. The molecule has 0 aliphatic heterocycles. The lowest BCUT2D eigenvalue weighted by Crippen LogP contribution is -2.32. The van der Waals surface area contributed by atoms with Gasteiger partial charge >= 0.3 is 18.3 Å². The Morgan fingerprint density at radius 1 is 1.20 bits per heavy atom. The molecule has 0 aromatic carbocycles. The van der Waals surface area contributed by atoms with Gasteiger partial charge in [0.15, 0.2) is 0 Å². The van der Waals surface area contributed by atoms with Crippen molar-refractivity contribution in [3.05, 3.63) is 12.2 Å². The summed E-state index contributed by atoms with van der Waals surface area (Å²) in [4.78, 5) is 10.1. The van der Waals surface area contributed by atoms with Crippen molar-refractivity contribution in [2.24, 2.45) is 5.92 Å². The van der Waals surface area contributed by atoms with Crippen LogP contribution in [0.1, 0.15) is 6.42 Å². The van der Waals surface area contributed by atoms with Gasteiger partial charge in [-0.15, -0.1) is 0 Å². The van der Waals surface area contributed by atoms with E-state index in [1.54, 1.807) is 0 Å². The molecule has 0 saturated heterocycles. The number of carbonyl (C=O) groups is 1. The van der Waals surface area contributed by atoms with E-state index in [2.05, 4.69) is 6.58 Å². The van der Waals surface area contributed by atoms with Crippen LogP contribution in [-0.4, -0.2) is 23.4 Å². The van der Waals surface area contributed by atoms with Crippen LogP contribution in [0.5, 0.6) is 0 Å². The molecule has 0 heterocycles. The van der Waals surface area contributed by atoms with Gasteiger partial charge in [0.25, 0.3) is 0 Å². The Bertz CT molecular complexity index is 264. The number of hydrogen-bond donors (Lipinski definition) is 1. The van der Waals surface area contributed by atoms with Gasteiger partial charge in [-0.25, -0.2) is 4.79 Å². The second kappa shape index (κ2) is 4.11. The van der Waals surface area contributed by atoms with Crippen LogP contribution in [0.15, 0.2) is 12.2 Å². The molecule has 88 valence electrons. The minimum absolute atomic E-state index is 1.51. The highest BCUT2D eigenvalue weighted by atomic mass is 19.4. The van der Waals surface area contributed by atoms with Crippen LogP contribution < -0.4 is 0 Å². The van der Waals surface area contributed by atoms with Gasteiger partial charge < -0.3 is 5.11 Å². The molecule has 0 aliphatic rings. The summed E-state index contributed by atoms with van der Waals surface area (Å²) in [5.74, 6) is -5.20. The molecule has 2 nitrogen and oxygen atoms in total. The molecule has 1 unspecified atom stereocenters. The van der Waals surface area contributed by atoms with Crippen LogP contribution in [-0.2, 0) is 4.79 Å². The summed E-state index contributed by atoms with van der Waals surface area (Å²) in [7, 11) is 0. The third-order valence-electron chi connectivity index (χ3n) is 1.53. The zero-order valence-electron chi connectivity index (χ0n) is 7.11. The Morgan fingerprint density at radius 2 is 1.60 bits per heavy atom. The third-order valence-corrected chi connectivity index (χ3v) is 1.53. The zero-order valence-corrected chi connectivity index (χ0v) is 7.11. The van der Waals surface area contributed by atoms with E-state index in [-0.39, 0.29) is 0 Å². The lowest BCUT2D eigenvalue weighted by atomic mass is 9.96. The number of halogens is 6. The predicted molar refractivity (Wildman–Crippen MR) is 37.0 cm³/mol. The van der Waals surface area contributed by atoms with Crippen molar-refractivity contribution in [1.29, 1.82) is 0 Å².